The van der Waals surface area contributed by atoms with Gasteiger partial charge in [0.1, 0.15) is 5.69 Å². The molecule has 0 aliphatic rings. The van der Waals surface area contributed by atoms with Crippen LogP contribution in [0.1, 0.15) is 23.0 Å². The van der Waals surface area contributed by atoms with Gasteiger partial charge in [-0.25, -0.2) is 4.98 Å². The Labute approximate surface area is 126 Å². The molecule has 0 spiro atoms. The van der Waals surface area contributed by atoms with E-state index in [1.807, 2.05) is 18.2 Å². The van der Waals surface area contributed by atoms with Crippen LogP contribution in [0.3, 0.4) is 0 Å². The second-order valence-electron chi connectivity index (χ2n) is 4.56. The number of para-hydroxylation sites is 1. The third-order valence-electron chi connectivity index (χ3n) is 2.97. The van der Waals surface area contributed by atoms with Crippen molar-refractivity contribution in [3.63, 3.8) is 0 Å². The predicted molar refractivity (Wildman–Crippen MR) is 83.1 cm³/mol. The fourth-order valence-corrected chi connectivity index (χ4v) is 2.27. The summed E-state index contributed by atoms with van der Waals surface area (Å²) in [5.74, 6) is -0.357. The van der Waals surface area contributed by atoms with Gasteiger partial charge in [-0.05, 0) is 11.6 Å². The van der Waals surface area contributed by atoms with Gasteiger partial charge in [-0.15, -0.1) is 11.3 Å². The normalized spacial score (nSPS) is 10.2. The number of nitrogens with one attached hydrogen (secondary N) is 1. The number of anilines is 2. The second-order valence-corrected chi connectivity index (χ2v) is 5.45. The van der Waals surface area contributed by atoms with Crippen LogP contribution in [-0.2, 0) is 11.3 Å². The maximum Gasteiger partial charge on any atom is 0.275 e. The highest BCUT2D eigenvalue weighted by molar-refractivity contribution is 7.13. The average Bonchev–Trinajstić information content (AvgIpc) is 2.87. The number of rotatable bonds is 4. The first-order chi connectivity index (χ1) is 9.97. The molecular weight excluding hydrogens is 288 g/mol. The molecule has 2 amide bonds. The number of thiazole rings is 1. The quantitative estimate of drug-likeness (QED) is 0.903. The van der Waals surface area contributed by atoms with Gasteiger partial charge in [-0.3, -0.25) is 9.59 Å². The van der Waals surface area contributed by atoms with E-state index in [2.05, 4.69) is 10.3 Å². The Kier molecular flexibility index (Phi) is 4.54. The van der Waals surface area contributed by atoms with Crippen LogP contribution in [-0.4, -0.2) is 28.7 Å². The van der Waals surface area contributed by atoms with Crippen molar-refractivity contribution in [1.82, 2.24) is 9.88 Å². The highest BCUT2D eigenvalue weighted by Gasteiger charge is 2.13. The zero-order chi connectivity index (χ0) is 15.4. The smallest absolute Gasteiger partial charge is 0.275 e. The summed E-state index contributed by atoms with van der Waals surface area (Å²) in [6.45, 7) is 1.92. The molecule has 0 atom stereocenters. The Bertz CT molecular complexity index is 668. The van der Waals surface area contributed by atoms with E-state index >= 15 is 0 Å². The number of nitrogens with two attached hydrogens (primary N) is 1. The summed E-state index contributed by atoms with van der Waals surface area (Å²) >= 11 is 1.22. The fraction of sp³-hybridized carbons (Fsp3) is 0.214. The highest BCUT2D eigenvalue weighted by atomic mass is 32.1. The largest absolute Gasteiger partial charge is 0.375 e. The van der Waals surface area contributed by atoms with E-state index in [-0.39, 0.29) is 17.5 Å². The van der Waals surface area contributed by atoms with Gasteiger partial charge in [-0.2, -0.15) is 0 Å². The number of aromatic nitrogens is 1. The van der Waals surface area contributed by atoms with Crippen molar-refractivity contribution in [1.29, 1.82) is 0 Å². The van der Waals surface area contributed by atoms with E-state index in [9.17, 15) is 9.59 Å². The van der Waals surface area contributed by atoms with Crippen LogP contribution in [0, 0.1) is 0 Å². The number of hydrogen-bond donors (Lipinski definition) is 2. The molecule has 0 fully saturated rings. The van der Waals surface area contributed by atoms with Crippen LogP contribution in [0.2, 0.25) is 0 Å². The van der Waals surface area contributed by atoms with Crippen molar-refractivity contribution in [2.24, 2.45) is 0 Å². The molecule has 110 valence electrons. The van der Waals surface area contributed by atoms with E-state index < -0.39 is 0 Å². The van der Waals surface area contributed by atoms with Gasteiger partial charge in [0, 0.05) is 31.6 Å². The topological polar surface area (TPSA) is 88.3 Å². The molecule has 0 saturated carbocycles. The molecule has 1 aromatic heterocycles. The van der Waals surface area contributed by atoms with E-state index in [1.165, 1.54) is 18.3 Å². The molecule has 0 bridgehead atoms. The summed E-state index contributed by atoms with van der Waals surface area (Å²) in [5.41, 5.74) is 7.31. The molecule has 2 aromatic rings. The van der Waals surface area contributed by atoms with Gasteiger partial charge >= 0.3 is 0 Å². The molecule has 3 N–H and O–H groups in total. The number of nitrogens with zero attached hydrogens (tertiary/aromatic N) is 2. The SMILES string of the molecule is CC(=O)N(C)Cc1ccccc1NC(=O)c1csc(N)n1. The van der Waals surface area contributed by atoms with E-state index in [1.54, 1.807) is 23.4 Å². The molecule has 0 aliphatic heterocycles. The van der Waals surface area contributed by atoms with Gasteiger partial charge in [0.25, 0.3) is 5.91 Å². The van der Waals surface area contributed by atoms with Crippen LogP contribution in [0.4, 0.5) is 10.8 Å². The molecule has 2 rings (SSSR count). The van der Waals surface area contributed by atoms with E-state index in [0.717, 1.165) is 5.56 Å². The van der Waals surface area contributed by atoms with Crippen molar-refractivity contribution in [3.8, 4) is 0 Å². The summed E-state index contributed by atoms with van der Waals surface area (Å²) in [6.07, 6.45) is 0. The van der Waals surface area contributed by atoms with Crippen LogP contribution in [0.25, 0.3) is 0 Å². The van der Waals surface area contributed by atoms with Crippen LogP contribution < -0.4 is 11.1 Å². The number of carbonyl (C=O) groups excluding carboxylic acids is 2. The van der Waals surface area contributed by atoms with Crippen molar-refractivity contribution < 1.29 is 9.59 Å². The summed E-state index contributed by atoms with van der Waals surface area (Å²) in [4.78, 5) is 28.9. The average molecular weight is 304 g/mol. The first-order valence-corrected chi connectivity index (χ1v) is 7.17. The van der Waals surface area contributed by atoms with Gasteiger partial charge in [0.05, 0.1) is 0 Å². The molecular formula is C14H16N4O2S. The summed E-state index contributed by atoms with van der Waals surface area (Å²) in [6, 6.07) is 7.34. The minimum atomic E-state index is -0.319. The zero-order valence-electron chi connectivity index (χ0n) is 11.8. The monoisotopic (exact) mass is 304 g/mol. The zero-order valence-corrected chi connectivity index (χ0v) is 12.6. The van der Waals surface area contributed by atoms with Crippen LogP contribution in [0.5, 0.6) is 0 Å². The molecule has 0 saturated heterocycles. The van der Waals surface area contributed by atoms with Gasteiger partial charge in [-0.1, -0.05) is 18.2 Å². The number of hydrogen-bond acceptors (Lipinski definition) is 5. The third-order valence-corrected chi connectivity index (χ3v) is 3.64. The Balaban J connectivity index is 2.16. The summed E-state index contributed by atoms with van der Waals surface area (Å²) < 4.78 is 0. The number of carbonyl (C=O) groups is 2. The molecule has 0 unspecified atom stereocenters. The number of nitrogen functional groups attached to an aromatic ring is 1. The Morgan fingerprint density at radius 2 is 2.10 bits per heavy atom. The minimum absolute atomic E-state index is 0.0385. The lowest BCUT2D eigenvalue weighted by Crippen LogP contribution is -2.24. The molecule has 0 aliphatic carbocycles. The van der Waals surface area contributed by atoms with Crippen molar-refractivity contribution in [3.05, 3.63) is 40.9 Å². The maximum atomic E-state index is 12.1. The summed E-state index contributed by atoms with van der Waals surface area (Å²) in [5, 5.41) is 4.75. The lowest BCUT2D eigenvalue weighted by Gasteiger charge is -2.17. The highest BCUT2D eigenvalue weighted by Crippen LogP contribution is 2.19. The maximum absolute atomic E-state index is 12.1. The fourth-order valence-electron chi connectivity index (χ4n) is 1.73. The first-order valence-electron chi connectivity index (χ1n) is 6.29. The Morgan fingerprint density at radius 1 is 1.38 bits per heavy atom. The molecule has 1 heterocycles. The minimum Gasteiger partial charge on any atom is -0.375 e. The van der Waals surface area contributed by atoms with Crippen molar-refractivity contribution in [2.45, 2.75) is 13.5 Å². The van der Waals surface area contributed by atoms with E-state index in [4.69, 9.17) is 5.73 Å². The molecule has 0 radical (unpaired) electrons. The Morgan fingerprint density at radius 3 is 2.71 bits per heavy atom. The lowest BCUT2D eigenvalue weighted by molar-refractivity contribution is -0.128. The molecule has 1 aromatic carbocycles. The van der Waals surface area contributed by atoms with Gasteiger partial charge < -0.3 is 16.0 Å². The lowest BCUT2D eigenvalue weighted by atomic mass is 10.1. The Hall–Kier alpha value is -2.41. The molecule has 21 heavy (non-hydrogen) atoms. The van der Waals surface area contributed by atoms with Gasteiger partial charge in [0.2, 0.25) is 5.91 Å². The predicted octanol–water partition coefficient (Wildman–Crippen LogP) is 1.96. The summed E-state index contributed by atoms with van der Waals surface area (Å²) in [7, 11) is 1.71. The standard InChI is InChI=1S/C14H16N4O2S/c1-9(19)18(2)7-10-5-3-4-6-11(10)16-13(20)12-8-21-14(15)17-12/h3-6,8H,7H2,1-2H3,(H2,15,17)(H,16,20). The first kappa shape index (κ1) is 15.0. The number of amides is 2. The molecule has 6 nitrogen and oxygen atoms in total. The van der Waals surface area contributed by atoms with Gasteiger partial charge in [0.15, 0.2) is 5.13 Å². The number of benzene rings is 1. The van der Waals surface area contributed by atoms with Crippen molar-refractivity contribution in [2.75, 3.05) is 18.1 Å². The van der Waals surface area contributed by atoms with E-state index in [0.29, 0.717) is 17.4 Å². The second kappa shape index (κ2) is 6.36. The van der Waals surface area contributed by atoms with Crippen LogP contribution in [0.15, 0.2) is 29.6 Å². The third kappa shape index (κ3) is 3.79. The van der Waals surface area contributed by atoms with Crippen molar-refractivity contribution >= 4 is 34.0 Å². The van der Waals surface area contributed by atoms with Crippen LogP contribution >= 0.6 is 11.3 Å². The molecule has 7 heteroatoms.